The van der Waals surface area contributed by atoms with Crippen LogP contribution in [0.25, 0.3) is 0 Å². The highest BCUT2D eigenvalue weighted by molar-refractivity contribution is 4.99. The maximum atomic E-state index is 6.44. The second-order valence-electron chi connectivity index (χ2n) is 6.23. The molecule has 0 bridgehead atoms. The SMILES string of the molecule is CCC1(C)CNCC2(CCOC(C)(C)C2)O1. The Balaban J connectivity index is 2.12. The maximum absolute atomic E-state index is 6.44. The zero-order valence-corrected chi connectivity index (χ0v) is 11.1. The predicted molar refractivity (Wildman–Crippen MR) is 64.6 cm³/mol. The van der Waals surface area contributed by atoms with E-state index in [1.165, 1.54) is 0 Å². The Kier molecular flexibility index (Phi) is 3.06. The first kappa shape index (κ1) is 12.3. The van der Waals surface area contributed by atoms with Crippen molar-refractivity contribution in [3.63, 3.8) is 0 Å². The van der Waals surface area contributed by atoms with Crippen LogP contribution < -0.4 is 5.32 Å². The molecule has 2 fully saturated rings. The van der Waals surface area contributed by atoms with Gasteiger partial charge in [-0.2, -0.15) is 0 Å². The molecule has 0 aromatic carbocycles. The van der Waals surface area contributed by atoms with Crippen molar-refractivity contribution in [2.24, 2.45) is 0 Å². The van der Waals surface area contributed by atoms with Crippen molar-refractivity contribution in [3.05, 3.63) is 0 Å². The van der Waals surface area contributed by atoms with Crippen molar-refractivity contribution >= 4 is 0 Å². The molecule has 0 radical (unpaired) electrons. The Morgan fingerprint density at radius 3 is 2.56 bits per heavy atom. The van der Waals surface area contributed by atoms with Crippen LogP contribution in [0.5, 0.6) is 0 Å². The standard InChI is InChI=1S/C13H25NO2/c1-5-12(4)9-14-10-13(16-12)6-7-15-11(2,3)8-13/h14H,5-10H2,1-4H3. The lowest BCUT2D eigenvalue weighted by Crippen LogP contribution is -2.63. The van der Waals surface area contributed by atoms with Gasteiger partial charge >= 0.3 is 0 Å². The fraction of sp³-hybridized carbons (Fsp3) is 1.00. The Hall–Kier alpha value is -0.120. The monoisotopic (exact) mass is 227 g/mol. The van der Waals surface area contributed by atoms with Crippen LogP contribution in [0.3, 0.4) is 0 Å². The van der Waals surface area contributed by atoms with E-state index in [4.69, 9.17) is 9.47 Å². The van der Waals surface area contributed by atoms with E-state index < -0.39 is 0 Å². The van der Waals surface area contributed by atoms with Crippen molar-refractivity contribution in [3.8, 4) is 0 Å². The summed E-state index contributed by atoms with van der Waals surface area (Å²) in [6.45, 7) is 11.5. The van der Waals surface area contributed by atoms with Gasteiger partial charge in [0, 0.05) is 25.9 Å². The normalized spacial score (nSPS) is 43.5. The number of hydrogen-bond acceptors (Lipinski definition) is 3. The van der Waals surface area contributed by atoms with Crippen molar-refractivity contribution in [2.45, 2.75) is 63.8 Å². The van der Waals surface area contributed by atoms with Crippen molar-refractivity contribution in [1.82, 2.24) is 5.32 Å². The highest BCUT2D eigenvalue weighted by Gasteiger charge is 2.47. The third kappa shape index (κ3) is 2.41. The number of rotatable bonds is 1. The van der Waals surface area contributed by atoms with Crippen molar-refractivity contribution < 1.29 is 9.47 Å². The van der Waals surface area contributed by atoms with Gasteiger partial charge in [-0.25, -0.2) is 0 Å². The van der Waals surface area contributed by atoms with E-state index in [1.807, 2.05) is 0 Å². The van der Waals surface area contributed by atoms with Crippen molar-refractivity contribution in [2.75, 3.05) is 19.7 Å². The average Bonchev–Trinajstić information content (AvgIpc) is 2.15. The second-order valence-corrected chi connectivity index (χ2v) is 6.23. The summed E-state index contributed by atoms with van der Waals surface area (Å²) in [7, 11) is 0. The van der Waals surface area contributed by atoms with E-state index >= 15 is 0 Å². The summed E-state index contributed by atoms with van der Waals surface area (Å²) < 4.78 is 12.2. The molecule has 0 aromatic rings. The summed E-state index contributed by atoms with van der Waals surface area (Å²) in [6, 6.07) is 0. The molecule has 0 aliphatic carbocycles. The molecule has 2 aliphatic heterocycles. The smallest absolute Gasteiger partial charge is 0.0863 e. The second kappa shape index (κ2) is 3.97. The Morgan fingerprint density at radius 1 is 1.19 bits per heavy atom. The Labute approximate surface area is 98.9 Å². The van der Waals surface area contributed by atoms with Gasteiger partial charge in [0.15, 0.2) is 0 Å². The molecule has 94 valence electrons. The summed E-state index contributed by atoms with van der Waals surface area (Å²) in [4.78, 5) is 0. The van der Waals surface area contributed by atoms with Gasteiger partial charge in [0.25, 0.3) is 0 Å². The van der Waals surface area contributed by atoms with Gasteiger partial charge in [0.1, 0.15) is 0 Å². The average molecular weight is 227 g/mol. The lowest BCUT2D eigenvalue weighted by atomic mass is 9.81. The number of hydrogen-bond donors (Lipinski definition) is 1. The first-order chi connectivity index (χ1) is 7.39. The summed E-state index contributed by atoms with van der Waals surface area (Å²) in [5.74, 6) is 0. The quantitative estimate of drug-likeness (QED) is 0.744. The molecule has 3 nitrogen and oxygen atoms in total. The van der Waals surface area contributed by atoms with Crippen LogP contribution in [0.15, 0.2) is 0 Å². The van der Waals surface area contributed by atoms with E-state index in [-0.39, 0.29) is 16.8 Å². The molecule has 16 heavy (non-hydrogen) atoms. The molecule has 2 heterocycles. The van der Waals surface area contributed by atoms with Crippen molar-refractivity contribution in [1.29, 1.82) is 0 Å². The molecule has 2 unspecified atom stereocenters. The number of ether oxygens (including phenoxy) is 2. The van der Waals surface area contributed by atoms with Gasteiger partial charge in [-0.3, -0.25) is 0 Å². The number of nitrogens with one attached hydrogen (secondary N) is 1. The summed E-state index contributed by atoms with van der Waals surface area (Å²) in [6.07, 6.45) is 3.06. The molecular formula is C13H25NO2. The van der Waals surface area contributed by atoms with E-state index in [9.17, 15) is 0 Å². The highest BCUT2D eigenvalue weighted by atomic mass is 16.5. The summed E-state index contributed by atoms with van der Waals surface area (Å²) >= 11 is 0. The van der Waals surface area contributed by atoms with Crippen LogP contribution in [0.2, 0.25) is 0 Å². The molecule has 3 heteroatoms. The van der Waals surface area contributed by atoms with Crippen LogP contribution in [-0.2, 0) is 9.47 Å². The third-order valence-corrected chi connectivity index (χ3v) is 3.96. The van der Waals surface area contributed by atoms with Gasteiger partial charge in [0.2, 0.25) is 0 Å². The van der Waals surface area contributed by atoms with Gasteiger partial charge in [-0.05, 0) is 27.2 Å². The van der Waals surface area contributed by atoms with Gasteiger partial charge < -0.3 is 14.8 Å². The fourth-order valence-electron chi connectivity index (χ4n) is 3.01. The highest BCUT2D eigenvalue weighted by Crippen LogP contribution is 2.39. The molecule has 0 amide bonds. The minimum atomic E-state index is -0.0497. The topological polar surface area (TPSA) is 30.5 Å². The minimum Gasteiger partial charge on any atom is -0.375 e. The molecule has 2 saturated heterocycles. The lowest BCUT2D eigenvalue weighted by molar-refractivity contribution is -0.230. The third-order valence-electron chi connectivity index (χ3n) is 3.96. The minimum absolute atomic E-state index is 0.00826. The van der Waals surface area contributed by atoms with Crippen LogP contribution in [0, 0.1) is 0 Å². The molecule has 2 aliphatic rings. The molecule has 2 atom stereocenters. The van der Waals surface area contributed by atoms with E-state index in [1.54, 1.807) is 0 Å². The summed E-state index contributed by atoms with van der Waals surface area (Å²) in [5, 5.41) is 3.54. The van der Waals surface area contributed by atoms with Crippen LogP contribution >= 0.6 is 0 Å². The van der Waals surface area contributed by atoms with Gasteiger partial charge in [0.05, 0.1) is 23.4 Å². The molecule has 1 N–H and O–H groups in total. The molecular weight excluding hydrogens is 202 g/mol. The van der Waals surface area contributed by atoms with Crippen LogP contribution in [-0.4, -0.2) is 36.5 Å². The molecule has 0 aromatic heterocycles. The zero-order valence-electron chi connectivity index (χ0n) is 11.1. The van der Waals surface area contributed by atoms with Crippen LogP contribution in [0.1, 0.15) is 47.0 Å². The molecule has 2 rings (SSSR count). The van der Waals surface area contributed by atoms with E-state index in [0.29, 0.717) is 0 Å². The zero-order chi connectivity index (χ0) is 11.9. The Morgan fingerprint density at radius 2 is 1.94 bits per heavy atom. The largest absolute Gasteiger partial charge is 0.375 e. The first-order valence-electron chi connectivity index (χ1n) is 6.44. The van der Waals surface area contributed by atoms with E-state index in [2.05, 4.69) is 33.0 Å². The molecule has 0 saturated carbocycles. The fourth-order valence-corrected chi connectivity index (χ4v) is 3.01. The predicted octanol–water partition coefficient (Wildman–Crippen LogP) is 2.10. The lowest BCUT2D eigenvalue weighted by Gasteiger charge is -2.52. The summed E-state index contributed by atoms with van der Waals surface area (Å²) in [5.41, 5.74) is -0.0671. The van der Waals surface area contributed by atoms with E-state index in [0.717, 1.165) is 39.0 Å². The number of morpholine rings is 1. The van der Waals surface area contributed by atoms with Gasteiger partial charge in [-0.15, -0.1) is 0 Å². The van der Waals surface area contributed by atoms with Gasteiger partial charge in [-0.1, -0.05) is 6.92 Å². The first-order valence-corrected chi connectivity index (χ1v) is 6.44. The maximum Gasteiger partial charge on any atom is 0.0863 e. The molecule has 1 spiro atoms. The Bertz CT molecular complexity index is 263. The van der Waals surface area contributed by atoms with Crippen LogP contribution in [0.4, 0.5) is 0 Å².